The molecule has 0 aromatic carbocycles. The second-order valence-electron chi connectivity index (χ2n) is 1.84. The van der Waals surface area contributed by atoms with Gasteiger partial charge in [-0.2, -0.15) is 13.2 Å². The van der Waals surface area contributed by atoms with E-state index in [-0.39, 0.29) is 29.4 Å². The third kappa shape index (κ3) is 3.53. The number of alkyl halides is 3. The molecule has 0 radical (unpaired) electrons. The van der Waals surface area contributed by atoms with Crippen molar-refractivity contribution in [3.8, 4) is 0 Å². The van der Waals surface area contributed by atoms with Gasteiger partial charge in [0, 0.05) is 18.3 Å². The van der Waals surface area contributed by atoms with Crippen LogP contribution >= 0.6 is 24.2 Å². The molecule has 62 valence electrons. The monoisotopic (exact) mass is 193 g/mol. The summed E-state index contributed by atoms with van der Waals surface area (Å²) in [4.78, 5) is 0. The van der Waals surface area contributed by atoms with E-state index < -0.39 is 5.51 Å². The maximum atomic E-state index is 11.5. The lowest BCUT2D eigenvalue weighted by Crippen LogP contribution is -2.45. The summed E-state index contributed by atoms with van der Waals surface area (Å²) in [5.41, 5.74) is -4.05. The first-order chi connectivity index (χ1) is 4.08. The fourth-order valence-corrected chi connectivity index (χ4v) is 1.31. The van der Waals surface area contributed by atoms with Crippen molar-refractivity contribution in [1.82, 2.24) is 5.32 Å². The van der Waals surface area contributed by atoms with Gasteiger partial charge >= 0.3 is 5.51 Å². The van der Waals surface area contributed by atoms with Gasteiger partial charge in [-0.15, -0.1) is 12.4 Å². The number of hydrogen-bond donors (Lipinski definition) is 1. The van der Waals surface area contributed by atoms with Gasteiger partial charge in [-0.1, -0.05) is 0 Å². The van der Waals surface area contributed by atoms with Crippen molar-refractivity contribution >= 4 is 24.2 Å². The first-order valence-electron chi connectivity index (χ1n) is 2.53. The molecular formula is C4H7ClF3NS. The molecule has 0 amide bonds. The highest BCUT2D eigenvalue weighted by Gasteiger charge is 2.35. The van der Waals surface area contributed by atoms with Crippen molar-refractivity contribution in [3.05, 3.63) is 0 Å². The molecule has 1 heterocycles. The second kappa shape index (κ2) is 3.69. The van der Waals surface area contributed by atoms with Gasteiger partial charge in [0.05, 0.1) is 0 Å². The van der Waals surface area contributed by atoms with Crippen LogP contribution in [0.15, 0.2) is 0 Å². The molecule has 0 atom stereocenters. The Bertz CT molecular complexity index is 103. The molecule has 1 saturated heterocycles. The summed E-state index contributed by atoms with van der Waals surface area (Å²) in [5, 5.41) is 2.52. The van der Waals surface area contributed by atoms with Gasteiger partial charge < -0.3 is 5.32 Å². The Kier molecular flexibility index (Phi) is 3.83. The van der Waals surface area contributed by atoms with Crippen LogP contribution in [0.5, 0.6) is 0 Å². The fourth-order valence-electron chi connectivity index (χ4n) is 0.535. The fraction of sp³-hybridized carbons (Fsp3) is 1.00. The van der Waals surface area contributed by atoms with Crippen LogP contribution in [0, 0.1) is 0 Å². The molecule has 0 aliphatic carbocycles. The van der Waals surface area contributed by atoms with Gasteiger partial charge in [-0.3, -0.25) is 0 Å². The predicted molar refractivity (Wildman–Crippen MR) is 37.6 cm³/mol. The largest absolute Gasteiger partial charge is 0.442 e. The van der Waals surface area contributed by atoms with Crippen molar-refractivity contribution in [2.75, 3.05) is 13.1 Å². The summed E-state index contributed by atoms with van der Waals surface area (Å²) >= 11 is 0.0810. The molecule has 0 unspecified atom stereocenters. The van der Waals surface area contributed by atoms with Crippen molar-refractivity contribution in [2.45, 2.75) is 10.8 Å². The third-order valence-electron chi connectivity index (χ3n) is 1.04. The zero-order valence-corrected chi connectivity index (χ0v) is 6.57. The standard InChI is InChI=1S/C4H6F3NS.ClH/c5-4(6,7)9-3-1-8-2-3;/h3,8H,1-2H2;1H. The lowest BCUT2D eigenvalue weighted by Gasteiger charge is -2.26. The summed E-state index contributed by atoms with van der Waals surface area (Å²) in [7, 11) is 0. The van der Waals surface area contributed by atoms with Gasteiger partial charge in [0.2, 0.25) is 0 Å². The molecular weight excluding hydrogens is 187 g/mol. The molecule has 1 fully saturated rings. The molecule has 1 nitrogen and oxygen atoms in total. The van der Waals surface area contributed by atoms with Gasteiger partial charge in [-0.05, 0) is 11.8 Å². The van der Waals surface area contributed by atoms with Gasteiger partial charge in [0.1, 0.15) is 0 Å². The minimum atomic E-state index is -4.05. The SMILES string of the molecule is Cl.FC(F)(F)SC1CNC1. The molecule has 0 aromatic rings. The number of halogens is 4. The number of nitrogens with one attached hydrogen (secondary N) is 1. The lowest BCUT2D eigenvalue weighted by atomic mass is 10.3. The van der Waals surface area contributed by atoms with E-state index in [2.05, 4.69) is 5.32 Å². The van der Waals surface area contributed by atoms with Crippen LogP contribution in [0.3, 0.4) is 0 Å². The van der Waals surface area contributed by atoms with Crippen LogP contribution in [0.2, 0.25) is 0 Å². The highest BCUT2D eigenvalue weighted by atomic mass is 35.5. The van der Waals surface area contributed by atoms with E-state index in [9.17, 15) is 13.2 Å². The van der Waals surface area contributed by atoms with Crippen LogP contribution < -0.4 is 5.32 Å². The quantitative estimate of drug-likeness (QED) is 0.680. The number of rotatable bonds is 1. The Hall–Kier alpha value is 0.390. The van der Waals surface area contributed by atoms with Gasteiger partial charge in [0.25, 0.3) is 0 Å². The molecule has 0 bridgehead atoms. The Morgan fingerprint density at radius 3 is 1.90 bits per heavy atom. The van der Waals surface area contributed by atoms with Crippen LogP contribution in [-0.4, -0.2) is 23.8 Å². The van der Waals surface area contributed by atoms with Crippen LogP contribution in [0.25, 0.3) is 0 Å². The Balaban J connectivity index is 0.000000810. The van der Waals surface area contributed by atoms with E-state index >= 15 is 0 Å². The maximum Gasteiger partial charge on any atom is 0.442 e. The summed E-state index contributed by atoms with van der Waals surface area (Å²) < 4.78 is 34.4. The molecule has 1 N–H and O–H groups in total. The summed E-state index contributed by atoms with van der Waals surface area (Å²) in [5.74, 6) is 0. The average molecular weight is 194 g/mol. The van der Waals surface area contributed by atoms with E-state index in [0.29, 0.717) is 13.1 Å². The Morgan fingerprint density at radius 1 is 1.30 bits per heavy atom. The second-order valence-corrected chi connectivity index (χ2v) is 3.21. The minimum Gasteiger partial charge on any atom is -0.314 e. The molecule has 1 rings (SSSR count). The zero-order chi connectivity index (χ0) is 6.91. The molecule has 1 aliphatic heterocycles. The van der Waals surface area contributed by atoms with Crippen molar-refractivity contribution in [2.24, 2.45) is 0 Å². The van der Waals surface area contributed by atoms with Crippen molar-refractivity contribution in [3.63, 3.8) is 0 Å². The first-order valence-corrected chi connectivity index (χ1v) is 3.41. The smallest absolute Gasteiger partial charge is 0.314 e. The Morgan fingerprint density at radius 2 is 1.80 bits per heavy atom. The third-order valence-corrected chi connectivity index (χ3v) is 1.98. The Labute approximate surface area is 67.2 Å². The summed E-state index contributed by atoms with van der Waals surface area (Å²) in [6, 6.07) is 0. The molecule has 0 aromatic heterocycles. The normalized spacial score (nSPS) is 19.5. The zero-order valence-electron chi connectivity index (χ0n) is 4.94. The minimum absolute atomic E-state index is 0. The number of thioether (sulfide) groups is 1. The van der Waals surface area contributed by atoms with E-state index in [1.165, 1.54) is 0 Å². The average Bonchev–Trinajstić information content (AvgIpc) is 1.53. The van der Waals surface area contributed by atoms with Crippen LogP contribution in [0.4, 0.5) is 13.2 Å². The first kappa shape index (κ1) is 10.4. The molecule has 10 heavy (non-hydrogen) atoms. The van der Waals surface area contributed by atoms with Crippen molar-refractivity contribution < 1.29 is 13.2 Å². The summed E-state index contributed by atoms with van der Waals surface area (Å²) in [6.07, 6.45) is 0. The van der Waals surface area contributed by atoms with E-state index in [1.807, 2.05) is 0 Å². The molecule has 6 heteroatoms. The lowest BCUT2D eigenvalue weighted by molar-refractivity contribution is -0.0336. The van der Waals surface area contributed by atoms with E-state index in [1.54, 1.807) is 0 Å². The van der Waals surface area contributed by atoms with E-state index in [0.717, 1.165) is 0 Å². The number of hydrogen-bond acceptors (Lipinski definition) is 2. The molecule has 1 aliphatic rings. The van der Waals surface area contributed by atoms with E-state index in [4.69, 9.17) is 0 Å². The highest BCUT2D eigenvalue weighted by Crippen LogP contribution is 2.34. The van der Waals surface area contributed by atoms with Gasteiger partial charge in [-0.25, -0.2) is 0 Å². The van der Waals surface area contributed by atoms with Crippen LogP contribution in [-0.2, 0) is 0 Å². The maximum absolute atomic E-state index is 11.5. The van der Waals surface area contributed by atoms with Crippen LogP contribution in [0.1, 0.15) is 0 Å². The molecule has 0 saturated carbocycles. The highest BCUT2D eigenvalue weighted by molar-refractivity contribution is 8.00. The molecule has 0 spiro atoms. The summed E-state index contributed by atoms with van der Waals surface area (Å²) in [6.45, 7) is 0.981. The predicted octanol–water partition coefficient (Wildman–Crippen LogP) is 1.63. The topological polar surface area (TPSA) is 12.0 Å². The van der Waals surface area contributed by atoms with Gasteiger partial charge in [0.15, 0.2) is 0 Å². The van der Waals surface area contributed by atoms with Crippen molar-refractivity contribution in [1.29, 1.82) is 0 Å².